The van der Waals surface area contributed by atoms with Crippen molar-refractivity contribution in [2.75, 3.05) is 0 Å². The van der Waals surface area contributed by atoms with Crippen molar-refractivity contribution < 1.29 is 19.1 Å². The van der Waals surface area contributed by atoms with E-state index in [0.29, 0.717) is 12.8 Å². The first-order valence-electron chi connectivity index (χ1n) is 12.0. The lowest BCUT2D eigenvalue weighted by molar-refractivity contribution is 0.0504. The zero-order valence-corrected chi connectivity index (χ0v) is 22.0. The van der Waals surface area contributed by atoms with E-state index in [1.165, 1.54) is 0 Å². The van der Waals surface area contributed by atoms with Crippen LogP contribution < -0.4 is 10.6 Å². The van der Waals surface area contributed by atoms with Gasteiger partial charge in [0.15, 0.2) is 0 Å². The molecule has 0 radical (unpaired) electrons. The number of hydrogen-bond donors (Lipinski definition) is 2. The van der Waals surface area contributed by atoms with Crippen LogP contribution in [0.2, 0.25) is 0 Å². The second-order valence-electron chi connectivity index (χ2n) is 10.3. The number of amides is 2. The summed E-state index contributed by atoms with van der Waals surface area (Å²) in [6.45, 7) is 10.8. The molecule has 0 saturated carbocycles. The number of benzene rings is 2. The van der Waals surface area contributed by atoms with Crippen LogP contribution >= 0.6 is 0 Å². The first-order chi connectivity index (χ1) is 16.9. The van der Waals surface area contributed by atoms with Crippen molar-refractivity contribution in [3.05, 3.63) is 71.8 Å². The van der Waals surface area contributed by atoms with Crippen molar-refractivity contribution >= 4 is 12.2 Å². The molecule has 0 aliphatic carbocycles. The summed E-state index contributed by atoms with van der Waals surface area (Å²) in [4.78, 5) is 24.7. The van der Waals surface area contributed by atoms with E-state index < -0.39 is 35.5 Å². The van der Waals surface area contributed by atoms with Crippen LogP contribution in [0.1, 0.15) is 52.7 Å². The standard InChI is InChI=1S/C30H36N2O4/c1-29(2,3)35-27(33)31-25(21-23-15-9-7-10-16-23)19-13-14-20-26(22-24-17-11-8-12-18-24)32-28(34)36-30(4,5)6/h7-12,15-18,25-26H,21-22H2,1-6H3,(H,31,33)(H,32,34). The lowest BCUT2D eigenvalue weighted by Crippen LogP contribution is -2.39. The molecule has 2 unspecified atom stereocenters. The van der Waals surface area contributed by atoms with Gasteiger partial charge in [0, 0.05) is 12.8 Å². The minimum Gasteiger partial charge on any atom is -0.444 e. The fourth-order valence-corrected chi connectivity index (χ4v) is 3.12. The van der Waals surface area contributed by atoms with Gasteiger partial charge < -0.3 is 20.1 Å². The van der Waals surface area contributed by atoms with Crippen LogP contribution in [0.15, 0.2) is 60.7 Å². The van der Waals surface area contributed by atoms with Crippen molar-refractivity contribution in [3.63, 3.8) is 0 Å². The topological polar surface area (TPSA) is 76.7 Å². The van der Waals surface area contributed by atoms with E-state index in [2.05, 4.69) is 34.3 Å². The van der Waals surface area contributed by atoms with Crippen molar-refractivity contribution in [3.8, 4) is 23.7 Å². The summed E-state index contributed by atoms with van der Waals surface area (Å²) in [5.41, 5.74) is 0.808. The van der Waals surface area contributed by atoms with Gasteiger partial charge in [-0.2, -0.15) is 0 Å². The number of hydrogen-bond acceptors (Lipinski definition) is 4. The molecule has 0 bridgehead atoms. The first kappa shape index (κ1) is 28.3. The Kier molecular flexibility index (Phi) is 10.4. The van der Waals surface area contributed by atoms with E-state index in [1.807, 2.05) is 60.7 Å². The molecule has 2 rings (SSSR count). The molecular formula is C30H36N2O4. The van der Waals surface area contributed by atoms with E-state index in [4.69, 9.17) is 9.47 Å². The fourth-order valence-electron chi connectivity index (χ4n) is 3.12. The summed E-state index contributed by atoms with van der Waals surface area (Å²) in [6, 6.07) is 18.5. The van der Waals surface area contributed by atoms with Gasteiger partial charge in [0.25, 0.3) is 0 Å². The third-order valence-electron chi connectivity index (χ3n) is 4.50. The number of ether oxygens (including phenoxy) is 2. The van der Waals surface area contributed by atoms with Gasteiger partial charge in [-0.1, -0.05) is 72.5 Å². The smallest absolute Gasteiger partial charge is 0.408 e. The second-order valence-corrected chi connectivity index (χ2v) is 10.3. The number of rotatable bonds is 6. The molecule has 2 aromatic carbocycles. The SMILES string of the molecule is CC(C)(C)OC(=O)NC(C#CC#CC(Cc1ccccc1)NC(=O)OC(C)(C)C)Cc1ccccc1. The Labute approximate surface area is 215 Å². The van der Waals surface area contributed by atoms with Crippen LogP contribution in [-0.4, -0.2) is 35.5 Å². The average Bonchev–Trinajstić information content (AvgIpc) is 2.75. The molecule has 6 heteroatoms. The summed E-state index contributed by atoms with van der Waals surface area (Å²) < 4.78 is 10.8. The summed E-state index contributed by atoms with van der Waals surface area (Å²) in [5, 5.41) is 5.63. The highest BCUT2D eigenvalue weighted by Crippen LogP contribution is 2.09. The third-order valence-corrected chi connectivity index (χ3v) is 4.50. The Morgan fingerprint density at radius 3 is 1.31 bits per heavy atom. The number of nitrogens with one attached hydrogen (secondary N) is 2. The maximum Gasteiger partial charge on any atom is 0.408 e. The summed E-state index contributed by atoms with van der Waals surface area (Å²) >= 11 is 0. The molecule has 0 saturated heterocycles. The Hall–Kier alpha value is -3.90. The molecule has 0 aromatic heterocycles. The molecule has 2 amide bonds. The molecular weight excluding hydrogens is 452 g/mol. The lowest BCUT2D eigenvalue weighted by Gasteiger charge is -2.21. The third kappa shape index (κ3) is 12.5. The highest BCUT2D eigenvalue weighted by Gasteiger charge is 2.20. The highest BCUT2D eigenvalue weighted by atomic mass is 16.6. The van der Waals surface area contributed by atoms with Gasteiger partial charge in [-0.15, -0.1) is 0 Å². The van der Waals surface area contributed by atoms with Gasteiger partial charge in [-0.25, -0.2) is 9.59 Å². The molecule has 6 nitrogen and oxygen atoms in total. The van der Waals surface area contributed by atoms with Gasteiger partial charge in [0.05, 0.1) is 12.1 Å². The zero-order valence-electron chi connectivity index (χ0n) is 22.0. The number of alkyl carbamates (subject to hydrolysis) is 2. The minimum atomic E-state index is -0.618. The van der Waals surface area contributed by atoms with Crippen LogP contribution in [0.3, 0.4) is 0 Å². The highest BCUT2D eigenvalue weighted by molar-refractivity contribution is 5.69. The summed E-state index contributed by atoms with van der Waals surface area (Å²) in [6.07, 6.45) is -0.0880. The molecule has 0 spiro atoms. The van der Waals surface area contributed by atoms with E-state index in [-0.39, 0.29) is 0 Å². The number of carbonyl (C=O) groups is 2. The number of carbonyl (C=O) groups excluding carboxylic acids is 2. The molecule has 2 aromatic rings. The lowest BCUT2D eigenvalue weighted by atomic mass is 10.1. The quantitative estimate of drug-likeness (QED) is 0.544. The monoisotopic (exact) mass is 488 g/mol. The normalized spacial score (nSPS) is 12.5. The molecule has 2 atom stereocenters. The van der Waals surface area contributed by atoms with Crippen LogP contribution in [0.25, 0.3) is 0 Å². The maximum absolute atomic E-state index is 12.3. The maximum atomic E-state index is 12.3. The molecule has 0 aliphatic rings. The molecule has 36 heavy (non-hydrogen) atoms. The van der Waals surface area contributed by atoms with Crippen LogP contribution in [-0.2, 0) is 22.3 Å². The molecule has 0 aliphatic heterocycles. The van der Waals surface area contributed by atoms with Gasteiger partial charge in [-0.05, 0) is 64.5 Å². The Morgan fingerprint density at radius 2 is 1.00 bits per heavy atom. The van der Waals surface area contributed by atoms with Crippen molar-refractivity contribution in [1.82, 2.24) is 10.6 Å². The molecule has 190 valence electrons. The van der Waals surface area contributed by atoms with Gasteiger partial charge in [0.1, 0.15) is 11.2 Å². The molecule has 0 fully saturated rings. The fraction of sp³-hybridized carbons (Fsp3) is 0.400. The minimum absolute atomic E-state index is 0.497. The average molecular weight is 489 g/mol. The largest absolute Gasteiger partial charge is 0.444 e. The van der Waals surface area contributed by atoms with E-state index in [0.717, 1.165) is 11.1 Å². The van der Waals surface area contributed by atoms with Gasteiger partial charge in [-0.3, -0.25) is 0 Å². The van der Waals surface area contributed by atoms with Crippen LogP contribution in [0.5, 0.6) is 0 Å². The van der Waals surface area contributed by atoms with Gasteiger partial charge in [0.2, 0.25) is 0 Å². The van der Waals surface area contributed by atoms with Crippen molar-refractivity contribution in [2.45, 2.75) is 77.7 Å². The second kappa shape index (κ2) is 13.3. The first-order valence-corrected chi connectivity index (χ1v) is 12.0. The van der Waals surface area contributed by atoms with E-state index in [9.17, 15) is 9.59 Å². The van der Waals surface area contributed by atoms with Crippen LogP contribution in [0, 0.1) is 23.7 Å². The Bertz CT molecular complexity index is 1020. The molecule has 0 heterocycles. The Balaban J connectivity index is 2.19. The Morgan fingerprint density at radius 1 is 0.667 bits per heavy atom. The molecule has 2 N–H and O–H groups in total. The van der Waals surface area contributed by atoms with E-state index >= 15 is 0 Å². The van der Waals surface area contributed by atoms with Crippen molar-refractivity contribution in [1.29, 1.82) is 0 Å². The summed E-state index contributed by atoms with van der Waals surface area (Å²) in [7, 11) is 0. The predicted octanol–water partition coefficient (Wildman–Crippen LogP) is 5.27. The predicted molar refractivity (Wildman–Crippen MR) is 142 cm³/mol. The van der Waals surface area contributed by atoms with E-state index in [1.54, 1.807) is 41.5 Å². The van der Waals surface area contributed by atoms with Gasteiger partial charge >= 0.3 is 12.2 Å². The zero-order chi connectivity index (χ0) is 26.6. The summed E-state index contributed by atoms with van der Waals surface area (Å²) in [5.74, 6) is 11.7. The van der Waals surface area contributed by atoms with Crippen molar-refractivity contribution in [2.24, 2.45) is 0 Å². The van der Waals surface area contributed by atoms with Crippen LogP contribution in [0.4, 0.5) is 9.59 Å².